The highest BCUT2D eigenvalue weighted by Gasteiger charge is 2.26. The van der Waals surface area contributed by atoms with Gasteiger partial charge in [-0.25, -0.2) is 13.2 Å². The Morgan fingerprint density at radius 1 is 1.12 bits per heavy atom. The molecule has 3 rings (SSSR count). The van der Waals surface area contributed by atoms with E-state index in [-0.39, 0.29) is 51.5 Å². The summed E-state index contributed by atoms with van der Waals surface area (Å²) in [4.78, 5) is 24.0. The number of carboxylic acids is 1. The third-order valence-electron chi connectivity index (χ3n) is 4.62. The van der Waals surface area contributed by atoms with Gasteiger partial charge in [-0.1, -0.05) is 5.16 Å². The third kappa shape index (κ3) is 4.83. The second kappa shape index (κ2) is 9.76. The number of sulfonamides is 1. The predicted octanol–water partition coefficient (Wildman–Crippen LogP) is 0.625. The fraction of sp³-hybridized carbons (Fsp3) is 0.200. The van der Waals surface area contributed by atoms with Crippen LogP contribution in [0, 0.1) is 11.3 Å². The first-order valence-corrected chi connectivity index (χ1v) is 10.9. The van der Waals surface area contributed by atoms with E-state index in [0.717, 1.165) is 16.4 Å². The molecule has 172 valence electrons. The minimum absolute atomic E-state index is 0.0209. The number of aromatic nitrogens is 1. The normalized spacial score (nSPS) is 11.5. The van der Waals surface area contributed by atoms with Crippen LogP contribution < -0.4 is 5.32 Å². The third-order valence-corrected chi connectivity index (χ3v) is 6.52. The van der Waals surface area contributed by atoms with Crippen LogP contribution in [-0.2, 0) is 10.0 Å². The number of carbonyl (C=O) groups excluding carboxylic acids is 1. The number of nitrogens with zero attached hydrogens (tertiary/aromatic N) is 3. The molecule has 0 saturated carbocycles. The Morgan fingerprint density at radius 2 is 1.82 bits per heavy atom. The lowest BCUT2D eigenvalue weighted by molar-refractivity contribution is 0.0698. The first-order chi connectivity index (χ1) is 15.7. The van der Waals surface area contributed by atoms with E-state index in [1.165, 1.54) is 24.3 Å². The number of rotatable bonds is 9. The molecule has 33 heavy (non-hydrogen) atoms. The first kappa shape index (κ1) is 23.8. The molecule has 0 atom stereocenters. The molecule has 4 N–H and O–H groups in total. The molecule has 3 aromatic rings. The van der Waals surface area contributed by atoms with Crippen molar-refractivity contribution >= 4 is 38.6 Å². The molecule has 0 aliphatic rings. The Morgan fingerprint density at radius 3 is 2.42 bits per heavy atom. The highest BCUT2D eigenvalue weighted by molar-refractivity contribution is 7.89. The number of aromatic carboxylic acids is 1. The SMILES string of the molecule is N#Cc1ccc(NC(=O)c2noc3cc(S(=O)(=O)N(CCO)CCO)ccc23)c(C(=O)O)c1. The molecule has 0 saturated heterocycles. The number of hydrogen-bond acceptors (Lipinski definition) is 9. The zero-order chi connectivity index (χ0) is 24.2. The van der Waals surface area contributed by atoms with E-state index < -0.39 is 35.1 Å². The van der Waals surface area contributed by atoms with Gasteiger partial charge in [-0.15, -0.1) is 0 Å². The molecule has 0 radical (unpaired) electrons. The van der Waals surface area contributed by atoms with Crippen molar-refractivity contribution in [1.29, 1.82) is 5.26 Å². The number of carboxylic acid groups (broad SMARTS) is 1. The van der Waals surface area contributed by atoms with E-state index in [1.807, 2.05) is 6.07 Å². The quantitative estimate of drug-likeness (QED) is 0.341. The molecule has 2 aromatic carbocycles. The molecule has 0 aliphatic heterocycles. The van der Waals surface area contributed by atoms with Crippen LogP contribution in [0.5, 0.6) is 0 Å². The van der Waals surface area contributed by atoms with Crippen LogP contribution in [0.15, 0.2) is 45.8 Å². The summed E-state index contributed by atoms with van der Waals surface area (Å²) in [7, 11) is -4.06. The summed E-state index contributed by atoms with van der Waals surface area (Å²) >= 11 is 0. The monoisotopic (exact) mass is 474 g/mol. The molecular formula is C20H18N4O8S. The van der Waals surface area contributed by atoms with Crippen LogP contribution in [0.1, 0.15) is 26.4 Å². The van der Waals surface area contributed by atoms with Gasteiger partial charge in [0.15, 0.2) is 11.3 Å². The van der Waals surface area contributed by atoms with E-state index in [4.69, 9.17) is 20.0 Å². The number of anilines is 1. The van der Waals surface area contributed by atoms with Crippen molar-refractivity contribution in [2.45, 2.75) is 4.90 Å². The number of hydrogen-bond donors (Lipinski definition) is 4. The fourth-order valence-corrected chi connectivity index (χ4v) is 4.49. The molecule has 1 amide bonds. The van der Waals surface area contributed by atoms with Gasteiger partial charge in [-0.05, 0) is 30.3 Å². The van der Waals surface area contributed by atoms with Crippen LogP contribution in [0.4, 0.5) is 5.69 Å². The van der Waals surface area contributed by atoms with Crippen LogP contribution in [0.3, 0.4) is 0 Å². The summed E-state index contributed by atoms with van der Waals surface area (Å²) in [5.41, 5.74) is -0.492. The second-order valence-electron chi connectivity index (χ2n) is 6.67. The number of aliphatic hydroxyl groups is 2. The maximum atomic E-state index is 12.8. The van der Waals surface area contributed by atoms with E-state index >= 15 is 0 Å². The summed E-state index contributed by atoms with van der Waals surface area (Å²) in [6, 6.07) is 9.21. The van der Waals surface area contributed by atoms with Crippen LogP contribution in [0.25, 0.3) is 11.0 Å². The Kier molecular flexibility index (Phi) is 7.04. The number of carbonyl (C=O) groups is 2. The largest absolute Gasteiger partial charge is 0.478 e. The van der Waals surface area contributed by atoms with Gasteiger partial charge in [0.1, 0.15) is 0 Å². The molecule has 0 fully saturated rings. The van der Waals surface area contributed by atoms with E-state index in [0.29, 0.717) is 0 Å². The second-order valence-corrected chi connectivity index (χ2v) is 8.61. The number of nitrogens with one attached hydrogen (secondary N) is 1. The molecule has 13 heteroatoms. The minimum Gasteiger partial charge on any atom is -0.478 e. The number of nitriles is 1. The van der Waals surface area contributed by atoms with Gasteiger partial charge in [0, 0.05) is 19.2 Å². The summed E-state index contributed by atoms with van der Waals surface area (Å²) in [5, 5.41) is 42.7. The fourth-order valence-electron chi connectivity index (χ4n) is 3.05. The van der Waals surface area contributed by atoms with Crippen molar-refractivity contribution < 1.29 is 37.8 Å². The van der Waals surface area contributed by atoms with Gasteiger partial charge >= 0.3 is 5.97 Å². The highest BCUT2D eigenvalue weighted by atomic mass is 32.2. The van der Waals surface area contributed by atoms with Gasteiger partial charge in [0.2, 0.25) is 10.0 Å². The maximum absolute atomic E-state index is 12.8. The van der Waals surface area contributed by atoms with Crippen molar-refractivity contribution in [2.24, 2.45) is 0 Å². The minimum atomic E-state index is -4.06. The summed E-state index contributed by atoms with van der Waals surface area (Å²) in [5.74, 6) is -2.16. The Bertz CT molecular complexity index is 1350. The van der Waals surface area contributed by atoms with Crippen LogP contribution in [0.2, 0.25) is 0 Å². The van der Waals surface area contributed by atoms with Crippen molar-refractivity contribution in [1.82, 2.24) is 9.46 Å². The lowest BCUT2D eigenvalue weighted by Gasteiger charge is -2.20. The molecule has 12 nitrogen and oxygen atoms in total. The van der Waals surface area contributed by atoms with E-state index in [1.54, 1.807) is 0 Å². The van der Waals surface area contributed by atoms with Crippen molar-refractivity contribution in [3.05, 3.63) is 53.2 Å². The van der Waals surface area contributed by atoms with Crippen molar-refractivity contribution in [2.75, 3.05) is 31.6 Å². The standard InChI is InChI=1S/C20H18N4O8S/c21-11-12-1-4-16(15(9-12)20(28)29)22-19(27)18-14-3-2-13(10-17(14)32-23-18)33(30,31)24(5-7-25)6-8-26/h1-4,9-10,25-26H,5-8H2,(H,22,27)(H,28,29). The lowest BCUT2D eigenvalue weighted by atomic mass is 10.1. The van der Waals surface area contributed by atoms with Crippen LogP contribution in [-0.4, -0.2) is 71.4 Å². The molecule has 0 aliphatic carbocycles. The van der Waals surface area contributed by atoms with Gasteiger partial charge in [-0.3, -0.25) is 4.79 Å². The number of aliphatic hydroxyl groups excluding tert-OH is 2. The average Bonchev–Trinajstić information content (AvgIpc) is 3.22. The highest BCUT2D eigenvalue weighted by Crippen LogP contribution is 2.26. The Balaban J connectivity index is 1.93. The number of amides is 1. The van der Waals surface area contributed by atoms with Crippen LogP contribution >= 0.6 is 0 Å². The van der Waals surface area contributed by atoms with E-state index in [2.05, 4.69) is 10.5 Å². The molecule has 0 unspecified atom stereocenters. The number of fused-ring (bicyclic) bond motifs is 1. The number of benzene rings is 2. The maximum Gasteiger partial charge on any atom is 0.337 e. The lowest BCUT2D eigenvalue weighted by Crippen LogP contribution is -2.35. The molecule has 1 heterocycles. The smallest absolute Gasteiger partial charge is 0.337 e. The van der Waals surface area contributed by atoms with E-state index in [9.17, 15) is 23.1 Å². The van der Waals surface area contributed by atoms with Crippen molar-refractivity contribution in [3.8, 4) is 6.07 Å². The zero-order valence-electron chi connectivity index (χ0n) is 16.9. The van der Waals surface area contributed by atoms with Gasteiger partial charge in [0.05, 0.1) is 46.4 Å². The zero-order valence-corrected chi connectivity index (χ0v) is 17.7. The summed E-state index contributed by atoms with van der Waals surface area (Å²) < 4.78 is 31.6. The molecule has 1 aromatic heterocycles. The molecule has 0 bridgehead atoms. The average molecular weight is 474 g/mol. The molecule has 0 spiro atoms. The van der Waals surface area contributed by atoms with Gasteiger partial charge in [-0.2, -0.15) is 9.57 Å². The molecular weight excluding hydrogens is 456 g/mol. The first-order valence-electron chi connectivity index (χ1n) is 9.43. The van der Waals surface area contributed by atoms with Crippen molar-refractivity contribution in [3.63, 3.8) is 0 Å². The van der Waals surface area contributed by atoms with Gasteiger partial charge in [0.25, 0.3) is 5.91 Å². The predicted molar refractivity (Wildman–Crippen MR) is 113 cm³/mol. The Hall–Kier alpha value is -3.83. The summed E-state index contributed by atoms with van der Waals surface area (Å²) in [6.45, 7) is -1.33. The Labute approximate surface area is 187 Å². The van der Waals surface area contributed by atoms with Gasteiger partial charge < -0.3 is 25.2 Å². The topological polar surface area (TPSA) is 194 Å². The summed E-state index contributed by atoms with van der Waals surface area (Å²) in [6.07, 6.45) is 0.